The fourth-order valence-electron chi connectivity index (χ4n) is 3.35. The van der Waals surface area contributed by atoms with Crippen LogP contribution in [0.2, 0.25) is 5.02 Å². The van der Waals surface area contributed by atoms with Crippen LogP contribution < -0.4 is 5.32 Å². The summed E-state index contributed by atoms with van der Waals surface area (Å²) in [4.78, 5) is 16.4. The number of nitrogens with one attached hydrogen (secondary N) is 1. The summed E-state index contributed by atoms with van der Waals surface area (Å²) in [5.41, 5.74) is 0.978. The molecule has 27 heavy (non-hydrogen) atoms. The first-order chi connectivity index (χ1) is 12.8. The number of oxazole rings is 1. The highest BCUT2D eigenvalue weighted by Gasteiger charge is 2.26. The number of amides is 1. The largest absolute Gasteiger partial charge is 0.444 e. The first-order valence-corrected chi connectivity index (χ1v) is 11.2. The second-order valence-electron chi connectivity index (χ2n) is 7.12. The van der Waals surface area contributed by atoms with Gasteiger partial charge in [-0.1, -0.05) is 31.4 Å². The zero-order chi connectivity index (χ0) is 19.4. The minimum Gasteiger partial charge on any atom is -0.444 e. The molecule has 6 nitrogen and oxygen atoms in total. The number of benzene rings is 1. The van der Waals surface area contributed by atoms with Gasteiger partial charge in [-0.3, -0.25) is 4.79 Å². The predicted octanol–water partition coefficient (Wildman–Crippen LogP) is 3.60. The van der Waals surface area contributed by atoms with Crippen LogP contribution in [0.25, 0.3) is 11.5 Å². The molecule has 2 aromatic rings. The maximum atomic E-state index is 12.4. The average molecular weight is 411 g/mol. The van der Waals surface area contributed by atoms with E-state index >= 15 is 0 Å². The van der Waals surface area contributed by atoms with E-state index < -0.39 is 21.5 Å². The fourth-order valence-corrected chi connectivity index (χ4v) is 4.65. The van der Waals surface area contributed by atoms with Crippen molar-refractivity contribution in [3.8, 4) is 11.5 Å². The Balaban J connectivity index is 1.59. The summed E-state index contributed by atoms with van der Waals surface area (Å²) in [6.45, 7) is 2.09. The van der Waals surface area contributed by atoms with Gasteiger partial charge < -0.3 is 9.73 Å². The fraction of sp³-hybridized carbons (Fsp3) is 0.474. The molecule has 1 saturated carbocycles. The second-order valence-corrected chi connectivity index (χ2v) is 9.62. The van der Waals surface area contributed by atoms with Crippen LogP contribution in [0.15, 0.2) is 34.9 Å². The molecule has 1 N–H and O–H groups in total. The molecule has 1 heterocycles. The normalized spacial score (nSPS) is 20.4. The minimum atomic E-state index is -3.63. The van der Waals surface area contributed by atoms with Gasteiger partial charge in [-0.25, -0.2) is 13.4 Å². The van der Waals surface area contributed by atoms with Crippen LogP contribution in [0.1, 0.15) is 38.3 Å². The van der Waals surface area contributed by atoms with E-state index in [1.54, 1.807) is 24.3 Å². The van der Waals surface area contributed by atoms with Crippen molar-refractivity contribution in [2.45, 2.75) is 44.4 Å². The number of sulfone groups is 1. The van der Waals surface area contributed by atoms with Crippen molar-refractivity contribution in [1.82, 2.24) is 10.3 Å². The molecule has 1 aromatic carbocycles. The molecule has 1 aromatic heterocycles. The van der Waals surface area contributed by atoms with Gasteiger partial charge in [0.15, 0.2) is 9.84 Å². The highest BCUT2D eigenvalue weighted by atomic mass is 35.5. The molecule has 0 aliphatic heterocycles. The summed E-state index contributed by atoms with van der Waals surface area (Å²) in [6, 6.07) is 6.95. The Hall–Kier alpha value is -1.86. The molecule has 8 heteroatoms. The van der Waals surface area contributed by atoms with Crippen LogP contribution in [0.4, 0.5) is 0 Å². The number of halogens is 1. The predicted molar refractivity (Wildman–Crippen MR) is 104 cm³/mol. The number of nitrogens with zero attached hydrogens (tertiary/aromatic N) is 1. The van der Waals surface area contributed by atoms with Gasteiger partial charge in [-0.15, -0.1) is 0 Å². The van der Waals surface area contributed by atoms with Gasteiger partial charge in [0.2, 0.25) is 11.8 Å². The molecule has 0 bridgehead atoms. The third-order valence-electron chi connectivity index (χ3n) is 4.82. The molecule has 1 aliphatic rings. The van der Waals surface area contributed by atoms with E-state index in [2.05, 4.69) is 17.2 Å². The van der Waals surface area contributed by atoms with Crippen molar-refractivity contribution >= 4 is 27.3 Å². The summed E-state index contributed by atoms with van der Waals surface area (Å²) in [7, 11) is -3.63. The van der Waals surface area contributed by atoms with Crippen molar-refractivity contribution in [2.75, 3.05) is 5.75 Å². The van der Waals surface area contributed by atoms with Gasteiger partial charge in [0.1, 0.15) is 12.0 Å². The second kappa shape index (κ2) is 8.44. The Morgan fingerprint density at radius 1 is 1.26 bits per heavy atom. The number of hydrogen-bond donors (Lipinski definition) is 1. The Kier molecular flexibility index (Phi) is 6.22. The molecule has 1 fully saturated rings. The van der Waals surface area contributed by atoms with E-state index in [1.807, 2.05) is 0 Å². The van der Waals surface area contributed by atoms with Crippen molar-refractivity contribution in [1.29, 1.82) is 0 Å². The Morgan fingerprint density at radius 3 is 2.67 bits per heavy atom. The molecular formula is C19H23ClN2O4S. The van der Waals surface area contributed by atoms with E-state index in [4.69, 9.17) is 16.0 Å². The van der Waals surface area contributed by atoms with Crippen LogP contribution in [0.5, 0.6) is 0 Å². The van der Waals surface area contributed by atoms with Crippen molar-refractivity contribution in [3.63, 3.8) is 0 Å². The molecule has 1 amide bonds. The molecule has 1 aliphatic carbocycles. The van der Waals surface area contributed by atoms with E-state index in [-0.39, 0.29) is 17.5 Å². The number of rotatable bonds is 6. The SMILES string of the molecule is C[C@H]1CCCC[C@@H]1NC(=O)CS(=O)(=O)Cc1coc(-c2ccc(Cl)cc2)n1. The summed E-state index contributed by atoms with van der Waals surface area (Å²) in [5, 5.41) is 3.46. The molecule has 0 unspecified atom stereocenters. The number of aromatic nitrogens is 1. The van der Waals surface area contributed by atoms with Crippen LogP contribution in [-0.4, -0.2) is 31.1 Å². The van der Waals surface area contributed by atoms with E-state index in [1.165, 1.54) is 6.26 Å². The molecule has 2 atom stereocenters. The monoisotopic (exact) mass is 410 g/mol. The van der Waals surface area contributed by atoms with Gasteiger partial charge in [0.05, 0.1) is 11.4 Å². The third-order valence-corrected chi connectivity index (χ3v) is 6.51. The zero-order valence-corrected chi connectivity index (χ0v) is 16.7. The molecular weight excluding hydrogens is 388 g/mol. The maximum Gasteiger partial charge on any atom is 0.235 e. The molecule has 3 rings (SSSR count). The smallest absolute Gasteiger partial charge is 0.235 e. The molecule has 146 valence electrons. The standard InChI is InChI=1S/C19H23ClN2O4S/c1-13-4-2-3-5-17(13)22-18(23)12-27(24,25)11-16-10-26-19(21-16)14-6-8-15(20)9-7-14/h6-10,13,17H,2-5,11-12H2,1H3,(H,22,23)/t13-,17-/m0/s1. The quantitative estimate of drug-likeness (QED) is 0.785. The molecule has 0 saturated heterocycles. The van der Waals surface area contributed by atoms with Crippen molar-refractivity contribution in [2.24, 2.45) is 5.92 Å². The van der Waals surface area contributed by atoms with E-state index in [0.29, 0.717) is 22.4 Å². The van der Waals surface area contributed by atoms with Gasteiger partial charge in [-0.2, -0.15) is 0 Å². The summed E-state index contributed by atoms with van der Waals surface area (Å²) in [5.74, 6) is -0.632. The minimum absolute atomic E-state index is 0.0602. The highest BCUT2D eigenvalue weighted by Crippen LogP contribution is 2.24. The average Bonchev–Trinajstić information content (AvgIpc) is 3.04. The van der Waals surface area contributed by atoms with Gasteiger partial charge in [0.25, 0.3) is 0 Å². The van der Waals surface area contributed by atoms with E-state index in [9.17, 15) is 13.2 Å². The van der Waals surface area contributed by atoms with Crippen molar-refractivity contribution in [3.05, 3.63) is 41.2 Å². The number of carbonyl (C=O) groups excluding carboxylic acids is 1. The third kappa shape index (κ3) is 5.56. The topological polar surface area (TPSA) is 89.3 Å². The van der Waals surface area contributed by atoms with Crippen LogP contribution >= 0.6 is 11.6 Å². The summed E-state index contributed by atoms with van der Waals surface area (Å²) < 4.78 is 30.1. The Bertz CT molecular complexity index is 893. The number of hydrogen-bond acceptors (Lipinski definition) is 5. The highest BCUT2D eigenvalue weighted by molar-refractivity contribution is 7.91. The molecule has 0 radical (unpaired) electrons. The van der Waals surface area contributed by atoms with E-state index in [0.717, 1.165) is 25.7 Å². The Labute approximate surface area is 164 Å². The lowest BCUT2D eigenvalue weighted by molar-refractivity contribution is -0.119. The Morgan fingerprint density at radius 2 is 1.96 bits per heavy atom. The van der Waals surface area contributed by atoms with Gasteiger partial charge in [0, 0.05) is 16.6 Å². The first-order valence-electron chi connectivity index (χ1n) is 9.02. The first kappa shape index (κ1) is 19.9. The summed E-state index contributed by atoms with van der Waals surface area (Å²) in [6.07, 6.45) is 5.50. The lowest BCUT2D eigenvalue weighted by Crippen LogP contribution is -2.43. The molecule has 0 spiro atoms. The van der Waals surface area contributed by atoms with Gasteiger partial charge in [-0.05, 0) is 43.0 Å². The van der Waals surface area contributed by atoms with Crippen molar-refractivity contribution < 1.29 is 17.6 Å². The lowest BCUT2D eigenvalue weighted by atomic mass is 9.86. The summed E-state index contributed by atoms with van der Waals surface area (Å²) >= 11 is 5.85. The maximum absolute atomic E-state index is 12.4. The van der Waals surface area contributed by atoms with Crippen LogP contribution in [0.3, 0.4) is 0 Å². The van der Waals surface area contributed by atoms with Crippen LogP contribution in [-0.2, 0) is 20.4 Å². The number of carbonyl (C=O) groups is 1. The zero-order valence-electron chi connectivity index (χ0n) is 15.2. The van der Waals surface area contributed by atoms with Crippen LogP contribution in [0, 0.1) is 5.92 Å². The van der Waals surface area contributed by atoms with Gasteiger partial charge >= 0.3 is 0 Å². The lowest BCUT2D eigenvalue weighted by Gasteiger charge is -2.29.